The van der Waals surface area contributed by atoms with Crippen LogP contribution in [0.15, 0.2) is 24.3 Å². The standard InChI is InChI=1S/C8H18O4.2C4H6O2/c1-2-3-5-12-8(10)7-11-6-4-9;2*1-3(2)4(5)6/h8-10H,2-7H2,1H3;2*1H2,2H3,(H,5,6). The van der Waals surface area contributed by atoms with Gasteiger partial charge in [0.15, 0.2) is 6.29 Å². The molecule has 0 aliphatic rings. The van der Waals surface area contributed by atoms with Crippen molar-refractivity contribution < 1.29 is 39.5 Å². The molecule has 1 atom stereocenters. The molecule has 0 aromatic carbocycles. The molecule has 0 spiro atoms. The molecule has 0 saturated heterocycles. The monoisotopic (exact) mass is 350 g/mol. The number of unbranched alkanes of at least 4 members (excludes halogenated alkanes) is 1. The van der Waals surface area contributed by atoms with E-state index in [4.69, 9.17) is 29.9 Å². The van der Waals surface area contributed by atoms with Crippen LogP contribution in [-0.2, 0) is 19.1 Å². The maximum absolute atomic E-state index is 9.60. The first-order valence-corrected chi connectivity index (χ1v) is 7.35. The minimum Gasteiger partial charge on any atom is -0.478 e. The predicted molar refractivity (Wildman–Crippen MR) is 89.7 cm³/mol. The highest BCUT2D eigenvalue weighted by molar-refractivity contribution is 5.85. The lowest BCUT2D eigenvalue weighted by molar-refractivity contribution is -0.139. The Labute approximate surface area is 143 Å². The number of ether oxygens (including phenoxy) is 2. The van der Waals surface area contributed by atoms with E-state index in [9.17, 15) is 9.59 Å². The van der Waals surface area contributed by atoms with Gasteiger partial charge in [-0.15, -0.1) is 0 Å². The van der Waals surface area contributed by atoms with Crippen molar-refractivity contribution in [2.45, 2.75) is 39.9 Å². The SMILES string of the molecule is C=C(C)C(=O)O.C=C(C)C(=O)O.CCCCOC(O)COCCO. The molecule has 0 aromatic rings. The molecule has 4 N–H and O–H groups in total. The third-order valence-corrected chi connectivity index (χ3v) is 2.03. The number of hydrogen-bond donors (Lipinski definition) is 4. The van der Waals surface area contributed by atoms with Crippen LogP contribution in [0.5, 0.6) is 0 Å². The van der Waals surface area contributed by atoms with Crippen molar-refractivity contribution in [2.75, 3.05) is 26.4 Å². The van der Waals surface area contributed by atoms with Gasteiger partial charge >= 0.3 is 11.9 Å². The van der Waals surface area contributed by atoms with E-state index in [0.717, 1.165) is 12.8 Å². The van der Waals surface area contributed by atoms with Crippen LogP contribution in [0.2, 0.25) is 0 Å². The van der Waals surface area contributed by atoms with Crippen LogP contribution in [0.25, 0.3) is 0 Å². The minimum absolute atomic E-state index is 0.0261. The Kier molecular flexibility index (Phi) is 21.8. The lowest BCUT2D eigenvalue weighted by atomic mass is 10.4. The number of hydrogen-bond acceptors (Lipinski definition) is 6. The van der Waals surface area contributed by atoms with E-state index in [1.54, 1.807) is 0 Å². The summed E-state index contributed by atoms with van der Waals surface area (Å²) in [5, 5.41) is 33.2. The van der Waals surface area contributed by atoms with Crippen molar-refractivity contribution in [3.8, 4) is 0 Å². The van der Waals surface area contributed by atoms with Gasteiger partial charge in [0.25, 0.3) is 0 Å². The Balaban J connectivity index is -0.000000309. The molecule has 0 fully saturated rings. The van der Waals surface area contributed by atoms with Gasteiger partial charge in [0.05, 0.1) is 19.8 Å². The summed E-state index contributed by atoms with van der Waals surface area (Å²) in [6.07, 6.45) is 1.13. The highest BCUT2D eigenvalue weighted by Gasteiger charge is 2.02. The zero-order chi connectivity index (χ0) is 19.5. The predicted octanol–water partition coefficient (Wildman–Crippen LogP) is 1.42. The maximum Gasteiger partial charge on any atom is 0.330 e. The number of aliphatic carboxylic acids is 2. The molecule has 8 heteroatoms. The Morgan fingerprint density at radius 2 is 1.46 bits per heavy atom. The van der Waals surface area contributed by atoms with Gasteiger partial charge in [0.1, 0.15) is 0 Å². The highest BCUT2D eigenvalue weighted by Crippen LogP contribution is 1.93. The van der Waals surface area contributed by atoms with E-state index in [1.807, 2.05) is 0 Å². The van der Waals surface area contributed by atoms with Crippen molar-refractivity contribution >= 4 is 11.9 Å². The first kappa shape index (κ1) is 27.1. The van der Waals surface area contributed by atoms with Crippen molar-refractivity contribution in [1.82, 2.24) is 0 Å². The molecule has 0 amide bonds. The van der Waals surface area contributed by atoms with E-state index < -0.39 is 18.2 Å². The second-order valence-electron chi connectivity index (χ2n) is 4.65. The number of carboxylic acids is 2. The summed E-state index contributed by atoms with van der Waals surface area (Å²) in [6.45, 7) is 12.2. The van der Waals surface area contributed by atoms with E-state index in [2.05, 4.69) is 20.1 Å². The van der Waals surface area contributed by atoms with Crippen LogP contribution in [0.4, 0.5) is 0 Å². The summed E-state index contributed by atoms with van der Waals surface area (Å²) in [4.78, 5) is 19.2. The lowest BCUT2D eigenvalue weighted by Gasteiger charge is -2.11. The average Bonchev–Trinajstić information content (AvgIpc) is 2.49. The fraction of sp³-hybridized carbons (Fsp3) is 0.625. The van der Waals surface area contributed by atoms with Gasteiger partial charge in [-0.25, -0.2) is 9.59 Å². The quantitative estimate of drug-likeness (QED) is 0.264. The van der Waals surface area contributed by atoms with Crippen molar-refractivity contribution in [1.29, 1.82) is 0 Å². The second kappa shape index (κ2) is 19.3. The number of aliphatic hydroxyl groups is 2. The first-order chi connectivity index (χ1) is 11.1. The molecule has 0 radical (unpaired) electrons. The normalized spacial score (nSPS) is 10.4. The number of aliphatic hydroxyl groups excluding tert-OH is 2. The Bertz CT molecular complexity index is 307. The molecule has 0 aliphatic carbocycles. The zero-order valence-corrected chi connectivity index (χ0v) is 14.7. The largest absolute Gasteiger partial charge is 0.478 e. The fourth-order valence-corrected chi connectivity index (χ4v) is 0.661. The first-order valence-electron chi connectivity index (χ1n) is 7.35. The molecule has 0 bridgehead atoms. The fourth-order valence-electron chi connectivity index (χ4n) is 0.661. The number of carbonyl (C=O) groups is 2. The molecule has 24 heavy (non-hydrogen) atoms. The third-order valence-electron chi connectivity index (χ3n) is 2.03. The molecule has 0 saturated carbocycles. The van der Waals surface area contributed by atoms with E-state index in [1.165, 1.54) is 13.8 Å². The summed E-state index contributed by atoms with van der Waals surface area (Å²) in [5.41, 5.74) is 0.352. The van der Waals surface area contributed by atoms with Gasteiger partial charge in [0.2, 0.25) is 0 Å². The smallest absolute Gasteiger partial charge is 0.330 e. The van der Waals surface area contributed by atoms with Crippen LogP contribution >= 0.6 is 0 Å². The molecule has 0 aliphatic heterocycles. The molecular weight excluding hydrogens is 320 g/mol. The maximum atomic E-state index is 9.60. The van der Waals surface area contributed by atoms with Crippen molar-refractivity contribution in [3.05, 3.63) is 24.3 Å². The topological polar surface area (TPSA) is 134 Å². The zero-order valence-electron chi connectivity index (χ0n) is 14.7. The molecule has 0 aromatic heterocycles. The summed E-state index contributed by atoms with van der Waals surface area (Å²) < 4.78 is 9.83. The lowest BCUT2D eigenvalue weighted by Crippen LogP contribution is -2.20. The highest BCUT2D eigenvalue weighted by atomic mass is 16.6. The van der Waals surface area contributed by atoms with Crippen molar-refractivity contribution in [2.24, 2.45) is 0 Å². The summed E-state index contributed by atoms with van der Waals surface area (Å²) >= 11 is 0. The van der Waals surface area contributed by atoms with Crippen LogP contribution in [0.3, 0.4) is 0 Å². The molecule has 0 heterocycles. The molecule has 1 unspecified atom stereocenters. The van der Waals surface area contributed by atoms with E-state index in [0.29, 0.717) is 6.61 Å². The van der Waals surface area contributed by atoms with E-state index in [-0.39, 0.29) is 31.0 Å². The third kappa shape index (κ3) is 28.4. The average molecular weight is 350 g/mol. The van der Waals surface area contributed by atoms with Crippen LogP contribution in [-0.4, -0.2) is 65.1 Å². The van der Waals surface area contributed by atoms with Gasteiger partial charge < -0.3 is 29.9 Å². The molecular formula is C16H30O8. The van der Waals surface area contributed by atoms with E-state index >= 15 is 0 Å². The second-order valence-corrected chi connectivity index (χ2v) is 4.65. The van der Waals surface area contributed by atoms with Gasteiger partial charge in [-0.2, -0.15) is 0 Å². The van der Waals surface area contributed by atoms with Crippen LogP contribution in [0, 0.1) is 0 Å². The van der Waals surface area contributed by atoms with Gasteiger partial charge in [-0.3, -0.25) is 0 Å². The van der Waals surface area contributed by atoms with Gasteiger partial charge in [0, 0.05) is 17.8 Å². The molecule has 0 rings (SSSR count). The van der Waals surface area contributed by atoms with Crippen molar-refractivity contribution in [3.63, 3.8) is 0 Å². The molecule has 142 valence electrons. The number of carboxylic acid groups (broad SMARTS) is 2. The summed E-state index contributed by atoms with van der Waals surface area (Å²) in [7, 11) is 0. The Morgan fingerprint density at radius 1 is 1.04 bits per heavy atom. The molecule has 8 nitrogen and oxygen atoms in total. The summed E-state index contributed by atoms with van der Waals surface area (Å²) in [6, 6.07) is 0. The number of rotatable bonds is 10. The van der Waals surface area contributed by atoms with Crippen LogP contribution in [0.1, 0.15) is 33.6 Å². The van der Waals surface area contributed by atoms with Gasteiger partial charge in [-0.1, -0.05) is 26.5 Å². The Hall–Kier alpha value is -1.74. The van der Waals surface area contributed by atoms with Crippen LogP contribution < -0.4 is 0 Å². The summed E-state index contributed by atoms with van der Waals surface area (Å²) in [5.74, 6) is -1.87. The Morgan fingerprint density at radius 3 is 1.75 bits per heavy atom. The minimum atomic E-state index is -0.935. The van der Waals surface area contributed by atoms with Gasteiger partial charge in [-0.05, 0) is 20.3 Å².